The summed E-state index contributed by atoms with van der Waals surface area (Å²) in [6, 6.07) is 5.63. The number of nitrogens with one attached hydrogen (secondary N) is 2. The zero-order chi connectivity index (χ0) is 13.3. The number of nitrogens with zero attached hydrogens (tertiary/aromatic N) is 1. The normalized spacial score (nSPS) is 11.5. The minimum atomic E-state index is -3.58. The quantitative estimate of drug-likeness (QED) is 0.892. The van der Waals surface area contributed by atoms with Gasteiger partial charge in [-0.1, -0.05) is 12.1 Å². The highest BCUT2D eigenvalue weighted by atomic mass is 32.2. The molecule has 0 radical (unpaired) electrons. The van der Waals surface area contributed by atoms with E-state index < -0.39 is 10.0 Å². The molecule has 2 rings (SSSR count). The van der Waals surface area contributed by atoms with Crippen LogP contribution in [0.3, 0.4) is 0 Å². The molecule has 0 saturated heterocycles. The molecule has 0 aliphatic rings. The van der Waals surface area contributed by atoms with E-state index in [2.05, 4.69) is 14.9 Å². The summed E-state index contributed by atoms with van der Waals surface area (Å²) in [6.07, 6.45) is 1.31. The van der Waals surface area contributed by atoms with Crippen LogP contribution in [-0.2, 0) is 10.0 Å². The van der Waals surface area contributed by atoms with E-state index in [0.29, 0.717) is 11.4 Å². The van der Waals surface area contributed by atoms with E-state index in [0.717, 1.165) is 11.1 Å². The molecular weight excluding hydrogens is 250 g/mol. The minimum absolute atomic E-state index is 0.170. The van der Waals surface area contributed by atoms with Crippen molar-refractivity contribution >= 4 is 15.7 Å². The number of rotatable bonds is 3. The van der Waals surface area contributed by atoms with Gasteiger partial charge >= 0.3 is 0 Å². The number of hydrogen-bond acceptors (Lipinski definition) is 3. The molecule has 1 aromatic heterocycles. The van der Waals surface area contributed by atoms with Crippen molar-refractivity contribution in [3.8, 4) is 0 Å². The van der Waals surface area contributed by atoms with Crippen LogP contribution in [0.25, 0.3) is 0 Å². The number of sulfonamides is 1. The van der Waals surface area contributed by atoms with Gasteiger partial charge in [0.2, 0.25) is 0 Å². The first-order chi connectivity index (χ1) is 8.40. The molecule has 1 heterocycles. The van der Waals surface area contributed by atoms with E-state index >= 15 is 0 Å². The highest BCUT2D eigenvalue weighted by Crippen LogP contribution is 2.21. The number of aromatic amines is 1. The molecule has 5 nitrogen and oxygen atoms in total. The molecule has 0 saturated carbocycles. The van der Waals surface area contributed by atoms with Gasteiger partial charge in [0.25, 0.3) is 10.0 Å². The third kappa shape index (κ3) is 2.38. The molecule has 2 N–H and O–H groups in total. The fourth-order valence-electron chi connectivity index (χ4n) is 1.66. The van der Waals surface area contributed by atoms with Gasteiger partial charge in [0.15, 0.2) is 0 Å². The van der Waals surface area contributed by atoms with Gasteiger partial charge in [0.1, 0.15) is 4.90 Å². The van der Waals surface area contributed by atoms with Gasteiger partial charge < -0.3 is 0 Å². The maximum absolute atomic E-state index is 12.2. The summed E-state index contributed by atoms with van der Waals surface area (Å²) in [5, 5.41) is 6.34. The molecule has 0 unspecified atom stereocenters. The molecule has 0 aliphatic carbocycles. The second kappa shape index (κ2) is 4.45. The van der Waals surface area contributed by atoms with Crippen molar-refractivity contribution < 1.29 is 8.42 Å². The first-order valence-corrected chi connectivity index (χ1v) is 6.98. The number of benzene rings is 1. The van der Waals surface area contributed by atoms with Crippen LogP contribution in [0.1, 0.15) is 16.8 Å². The summed E-state index contributed by atoms with van der Waals surface area (Å²) in [5.41, 5.74) is 3.00. The first kappa shape index (κ1) is 12.6. The van der Waals surface area contributed by atoms with Crippen LogP contribution in [0.5, 0.6) is 0 Å². The van der Waals surface area contributed by atoms with Crippen LogP contribution < -0.4 is 4.72 Å². The zero-order valence-corrected chi connectivity index (χ0v) is 11.3. The largest absolute Gasteiger partial charge is 0.281 e. The predicted molar refractivity (Wildman–Crippen MR) is 70.0 cm³/mol. The fourth-order valence-corrected chi connectivity index (χ4v) is 2.92. The van der Waals surface area contributed by atoms with Crippen molar-refractivity contribution in [2.75, 3.05) is 4.72 Å². The molecule has 0 spiro atoms. The summed E-state index contributed by atoms with van der Waals surface area (Å²) in [7, 11) is -3.58. The molecule has 0 amide bonds. The van der Waals surface area contributed by atoms with Gasteiger partial charge in [-0.15, -0.1) is 0 Å². The Balaban J connectivity index is 2.40. The molecule has 0 atom stereocenters. The Morgan fingerprint density at radius 3 is 2.56 bits per heavy atom. The van der Waals surface area contributed by atoms with Crippen LogP contribution in [0.15, 0.2) is 29.3 Å². The first-order valence-electron chi connectivity index (χ1n) is 5.50. The van der Waals surface area contributed by atoms with Gasteiger partial charge in [0.05, 0.1) is 17.6 Å². The third-order valence-corrected chi connectivity index (χ3v) is 4.19. The summed E-state index contributed by atoms with van der Waals surface area (Å²) < 4.78 is 26.9. The van der Waals surface area contributed by atoms with Gasteiger partial charge in [0, 0.05) is 0 Å². The molecule has 1 aromatic carbocycles. The highest BCUT2D eigenvalue weighted by molar-refractivity contribution is 7.92. The summed E-state index contributed by atoms with van der Waals surface area (Å²) in [5.74, 6) is 0. The Kier molecular flexibility index (Phi) is 3.13. The smallest absolute Gasteiger partial charge is 0.265 e. The second-order valence-corrected chi connectivity index (χ2v) is 5.93. The van der Waals surface area contributed by atoms with E-state index in [9.17, 15) is 8.42 Å². The Morgan fingerprint density at radius 2 is 1.94 bits per heavy atom. The third-order valence-electron chi connectivity index (χ3n) is 2.71. The Morgan fingerprint density at radius 1 is 1.22 bits per heavy atom. The van der Waals surface area contributed by atoms with Gasteiger partial charge in [-0.25, -0.2) is 8.42 Å². The van der Waals surface area contributed by atoms with Gasteiger partial charge in [-0.05, 0) is 38.0 Å². The van der Waals surface area contributed by atoms with E-state index in [1.165, 1.54) is 6.20 Å². The lowest BCUT2D eigenvalue weighted by Gasteiger charge is -2.10. The zero-order valence-electron chi connectivity index (χ0n) is 10.5. The number of aryl methyl sites for hydroxylation is 3. The van der Waals surface area contributed by atoms with Crippen LogP contribution in [0.4, 0.5) is 5.69 Å². The molecule has 0 bridgehead atoms. The number of aromatic nitrogens is 2. The lowest BCUT2D eigenvalue weighted by Crippen LogP contribution is -2.14. The lowest BCUT2D eigenvalue weighted by atomic mass is 10.1. The van der Waals surface area contributed by atoms with E-state index in [4.69, 9.17) is 0 Å². The van der Waals surface area contributed by atoms with Gasteiger partial charge in [-0.3, -0.25) is 9.82 Å². The van der Waals surface area contributed by atoms with Crippen molar-refractivity contribution in [2.24, 2.45) is 0 Å². The van der Waals surface area contributed by atoms with Crippen LogP contribution in [-0.4, -0.2) is 18.6 Å². The Bertz CT molecular complexity index is 674. The SMILES string of the molecule is Cc1ccc(C)c(NS(=O)(=O)c2cn[nH]c2C)c1. The topological polar surface area (TPSA) is 74.8 Å². The molecule has 2 aromatic rings. The van der Waals surface area contributed by atoms with Crippen molar-refractivity contribution in [3.05, 3.63) is 41.2 Å². The molecule has 18 heavy (non-hydrogen) atoms. The average Bonchev–Trinajstić information content (AvgIpc) is 2.70. The maximum Gasteiger partial charge on any atom is 0.265 e. The van der Waals surface area contributed by atoms with E-state index in [-0.39, 0.29) is 4.90 Å². The average molecular weight is 265 g/mol. The van der Waals surface area contributed by atoms with Crippen molar-refractivity contribution in [1.29, 1.82) is 0 Å². The summed E-state index contributed by atoms with van der Waals surface area (Å²) in [6.45, 7) is 5.45. The van der Waals surface area contributed by atoms with Crippen LogP contribution >= 0.6 is 0 Å². The number of H-pyrrole nitrogens is 1. The lowest BCUT2D eigenvalue weighted by molar-refractivity contribution is 0.600. The molecule has 0 fully saturated rings. The highest BCUT2D eigenvalue weighted by Gasteiger charge is 2.19. The van der Waals surface area contributed by atoms with Crippen molar-refractivity contribution in [3.63, 3.8) is 0 Å². The molecular formula is C12H15N3O2S. The van der Waals surface area contributed by atoms with Crippen LogP contribution in [0, 0.1) is 20.8 Å². The van der Waals surface area contributed by atoms with E-state index in [1.54, 1.807) is 6.92 Å². The second-order valence-electron chi connectivity index (χ2n) is 4.28. The summed E-state index contributed by atoms with van der Waals surface area (Å²) >= 11 is 0. The van der Waals surface area contributed by atoms with Crippen LogP contribution in [0.2, 0.25) is 0 Å². The molecule has 6 heteroatoms. The van der Waals surface area contributed by atoms with Crippen molar-refractivity contribution in [1.82, 2.24) is 10.2 Å². The standard InChI is InChI=1S/C12H15N3O2S/c1-8-4-5-9(2)11(6-8)15-18(16,17)12-7-13-14-10(12)3/h4-7,15H,1-3H3,(H,13,14). The molecule has 96 valence electrons. The van der Waals surface area contributed by atoms with Crippen molar-refractivity contribution in [2.45, 2.75) is 25.7 Å². The summed E-state index contributed by atoms with van der Waals surface area (Å²) in [4.78, 5) is 0.170. The van der Waals surface area contributed by atoms with E-state index in [1.807, 2.05) is 32.0 Å². The number of hydrogen-bond donors (Lipinski definition) is 2. The maximum atomic E-state index is 12.2. The number of anilines is 1. The molecule has 0 aliphatic heterocycles. The monoisotopic (exact) mass is 265 g/mol. The van der Waals surface area contributed by atoms with Gasteiger partial charge in [-0.2, -0.15) is 5.10 Å². The predicted octanol–water partition coefficient (Wildman–Crippen LogP) is 2.14. The minimum Gasteiger partial charge on any atom is -0.281 e. The Hall–Kier alpha value is -1.82. The fraction of sp³-hybridized carbons (Fsp3) is 0.250. The Labute approximate surface area is 106 Å².